The van der Waals surface area contributed by atoms with E-state index in [1.807, 2.05) is 22.9 Å². The topological polar surface area (TPSA) is 60.8 Å². The molecule has 0 radical (unpaired) electrons. The molecule has 8 heteroatoms. The van der Waals surface area contributed by atoms with Crippen LogP contribution in [0.2, 0.25) is 0 Å². The first kappa shape index (κ1) is 19.5. The van der Waals surface area contributed by atoms with Crippen LogP contribution < -0.4 is 9.47 Å². The van der Waals surface area contributed by atoms with E-state index in [1.54, 1.807) is 18.2 Å². The molecule has 0 spiro atoms. The molecule has 29 heavy (non-hydrogen) atoms. The second-order valence-electron chi connectivity index (χ2n) is 6.71. The second kappa shape index (κ2) is 7.53. The minimum atomic E-state index is -3.86. The normalized spacial score (nSPS) is 17.0. The van der Waals surface area contributed by atoms with Crippen molar-refractivity contribution in [2.75, 3.05) is 20.8 Å². The Morgan fingerprint density at radius 2 is 1.69 bits per heavy atom. The molecule has 2 heterocycles. The lowest BCUT2D eigenvalue weighted by Crippen LogP contribution is -2.42. The predicted octanol–water partition coefficient (Wildman–Crippen LogP) is 3.44. The summed E-state index contributed by atoms with van der Waals surface area (Å²) in [5, 5.41) is 0. The number of methoxy groups -OCH3 is 2. The van der Waals surface area contributed by atoms with Gasteiger partial charge in [0.25, 0.3) is 0 Å². The van der Waals surface area contributed by atoms with E-state index in [0.717, 1.165) is 5.69 Å². The molecule has 0 saturated carbocycles. The highest BCUT2D eigenvalue weighted by molar-refractivity contribution is 7.89. The van der Waals surface area contributed by atoms with Crippen LogP contribution in [0, 0.1) is 5.82 Å². The van der Waals surface area contributed by atoms with Gasteiger partial charge in [0.15, 0.2) is 11.5 Å². The van der Waals surface area contributed by atoms with Gasteiger partial charge in [-0.3, -0.25) is 0 Å². The Morgan fingerprint density at radius 1 is 0.966 bits per heavy atom. The molecule has 1 aliphatic rings. The van der Waals surface area contributed by atoms with Crippen LogP contribution in [-0.2, 0) is 16.6 Å². The highest BCUT2D eigenvalue weighted by Gasteiger charge is 2.38. The summed E-state index contributed by atoms with van der Waals surface area (Å²) in [7, 11) is -0.900. The van der Waals surface area contributed by atoms with Gasteiger partial charge >= 0.3 is 0 Å². The molecule has 4 rings (SSSR count). The molecule has 1 unspecified atom stereocenters. The summed E-state index contributed by atoms with van der Waals surface area (Å²) in [4.78, 5) is 0.113. The molecule has 0 saturated heterocycles. The third kappa shape index (κ3) is 3.38. The number of halogens is 1. The summed E-state index contributed by atoms with van der Waals surface area (Å²) in [5.41, 5.74) is 1.54. The van der Waals surface area contributed by atoms with E-state index in [2.05, 4.69) is 0 Å². The lowest BCUT2D eigenvalue weighted by Gasteiger charge is -2.36. The van der Waals surface area contributed by atoms with Gasteiger partial charge in [-0.1, -0.05) is 12.1 Å². The molecule has 0 amide bonds. The molecular weight excluding hydrogens is 395 g/mol. The maximum absolute atomic E-state index is 13.6. The lowest BCUT2D eigenvalue weighted by atomic mass is 10.0. The number of rotatable bonds is 5. The highest BCUT2D eigenvalue weighted by atomic mass is 32.2. The number of hydrogen-bond donors (Lipinski definition) is 0. The average Bonchev–Trinajstić information content (AvgIpc) is 3.22. The summed E-state index contributed by atoms with van der Waals surface area (Å²) in [5.74, 6) is 0.426. The number of sulfonamides is 1. The second-order valence-corrected chi connectivity index (χ2v) is 8.60. The van der Waals surface area contributed by atoms with Gasteiger partial charge in [-0.2, -0.15) is 4.31 Å². The van der Waals surface area contributed by atoms with Crippen LogP contribution in [0.5, 0.6) is 11.5 Å². The zero-order valence-corrected chi connectivity index (χ0v) is 16.9. The predicted molar refractivity (Wildman–Crippen MR) is 106 cm³/mol. The van der Waals surface area contributed by atoms with Crippen molar-refractivity contribution in [2.45, 2.75) is 17.5 Å². The van der Waals surface area contributed by atoms with Gasteiger partial charge in [-0.15, -0.1) is 0 Å². The maximum atomic E-state index is 13.6. The molecular formula is C21H21FN2O4S. The number of aromatic nitrogens is 1. The van der Waals surface area contributed by atoms with Crippen molar-refractivity contribution in [1.29, 1.82) is 0 Å². The van der Waals surface area contributed by atoms with Crippen molar-refractivity contribution in [2.24, 2.45) is 0 Å². The van der Waals surface area contributed by atoms with E-state index < -0.39 is 16.1 Å². The Labute approximate surface area is 169 Å². The molecule has 3 aromatic rings. The van der Waals surface area contributed by atoms with Gasteiger partial charge in [-0.25, -0.2) is 12.8 Å². The molecule has 0 N–H and O–H groups in total. The molecule has 0 bridgehead atoms. The first-order valence-electron chi connectivity index (χ1n) is 9.10. The molecule has 152 valence electrons. The zero-order valence-electron chi connectivity index (χ0n) is 16.1. The van der Waals surface area contributed by atoms with E-state index in [-0.39, 0.29) is 10.7 Å². The summed E-state index contributed by atoms with van der Waals surface area (Å²) >= 11 is 0. The Balaban J connectivity index is 1.82. The van der Waals surface area contributed by atoms with E-state index in [4.69, 9.17) is 9.47 Å². The van der Waals surface area contributed by atoms with Crippen molar-refractivity contribution in [1.82, 2.24) is 8.87 Å². The Morgan fingerprint density at radius 3 is 2.38 bits per heavy atom. The fourth-order valence-electron chi connectivity index (χ4n) is 3.72. The quantitative estimate of drug-likeness (QED) is 0.639. The fraction of sp³-hybridized carbons (Fsp3) is 0.238. The standard InChI is InChI=1S/C21H21FN2O4S/c1-27-19-10-9-17(14-20(19)28-2)29(25,26)24-13-12-23-11-3-4-18(23)21(24)15-5-7-16(22)8-6-15/h3-11,14,21H,12-13H2,1-2H3. The van der Waals surface area contributed by atoms with Gasteiger partial charge in [-0.05, 0) is 42.0 Å². The van der Waals surface area contributed by atoms with Crippen molar-refractivity contribution in [3.63, 3.8) is 0 Å². The molecule has 1 aliphatic heterocycles. The number of hydrogen-bond acceptors (Lipinski definition) is 4. The minimum absolute atomic E-state index is 0.113. The minimum Gasteiger partial charge on any atom is -0.493 e. The van der Waals surface area contributed by atoms with Crippen LogP contribution in [0.3, 0.4) is 0 Å². The summed E-state index contributed by atoms with van der Waals surface area (Å²) in [6.45, 7) is 0.826. The smallest absolute Gasteiger partial charge is 0.244 e. The monoisotopic (exact) mass is 416 g/mol. The van der Waals surface area contributed by atoms with Gasteiger partial charge in [0.2, 0.25) is 10.0 Å². The van der Waals surface area contributed by atoms with Crippen molar-refractivity contribution < 1.29 is 22.3 Å². The molecule has 0 fully saturated rings. The molecule has 1 aromatic heterocycles. The van der Waals surface area contributed by atoms with Gasteiger partial charge in [0, 0.05) is 31.0 Å². The van der Waals surface area contributed by atoms with Crippen molar-refractivity contribution in [3.8, 4) is 11.5 Å². The Kier molecular flexibility index (Phi) is 5.06. The van der Waals surface area contributed by atoms with Crippen molar-refractivity contribution in [3.05, 3.63) is 77.9 Å². The van der Waals surface area contributed by atoms with Crippen molar-refractivity contribution >= 4 is 10.0 Å². The van der Waals surface area contributed by atoms with Crippen LogP contribution in [0.4, 0.5) is 4.39 Å². The number of nitrogens with zero attached hydrogens (tertiary/aromatic N) is 2. The molecule has 0 aliphatic carbocycles. The van der Waals surface area contributed by atoms with Crippen LogP contribution in [0.25, 0.3) is 0 Å². The first-order valence-corrected chi connectivity index (χ1v) is 10.5. The molecule has 2 aromatic carbocycles. The fourth-order valence-corrected chi connectivity index (χ4v) is 5.31. The third-order valence-corrected chi connectivity index (χ3v) is 7.00. The maximum Gasteiger partial charge on any atom is 0.244 e. The molecule has 1 atom stereocenters. The lowest BCUT2D eigenvalue weighted by molar-refractivity contribution is 0.298. The van der Waals surface area contributed by atoms with Crippen LogP contribution in [0.15, 0.2) is 65.7 Å². The van der Waals surface area contributed by atoms with E-state index in [0.29, 0.717) is 30.2 Å². The number of fused-ring (bicyclic) bond motifs is 1. The van der Waals surface area contributed by atoms with Gasteiger partial charge in [0.05, 0.1) is 25.2 Å². The zero-order chi connectivity index (χ0) is 20.6. The van der Waals surface area contributed by atoms with E-state index >= 15 is 0 Å². The van der Waals surface area contributed by atoms with E-state index in [1.165, 1.54) is 42.8 Å². The van der Waals surface area contributed by atoms with Gasteiger partial charge < -0.3 is 14.0 Å². The summed E-state index contributed by atoms with van der Waals surface area (Å²) < 4.78 is 54.6. The third-order valence-electron chi connectivity index (χ3n) is 5.14. The Bertz CT molecular complexity index is 1130. The van der Waals surface area contributed by atoms with Crippen LogP contribution in [0.1, 0.15) is 17.3 Å². The Hall–Kier alpha value is -2.84. The van der Waals surface area contributed by atoms with Crippen LogP contribution in [-0.4, -0.2) is 38.1 Å². The SMILES string of the molecule is COc1ccc(S(=O)(=O)N2CCn3cccc3C2c2ccc(F)cc2)cc1OC. The largest absolute Gasteiger partial charge is 0.493 e. The number of benzene rings is 2. The summed E-state index contributed by atoms with van der Waals surface area (Å²) in [6.07, 6.45) is 1.92. The number of ether oxygens (including phenoxy) is 2. The van der Waals surface area contributed by atoms with E-state index in [9.17, 15) is 12.8 Å². The van der Waals surface area contributed by atoms with Crippen LogP contribution >= 0.6 is 0 Å². The summed E-state index contributed by atoms with van der Waals surface area (Å²) in [6, 6.07) is 13.7. The first-order chi connectivity index (χ1) is 14.0. The highest BCUT2D eigenvalue weighted by Crippen LogP contribution is 2.38. The average molecular weight is 416 g/mol. The molecule has 6 nitrogen and oxygen atoms in total. The van der Waals surface area contributed by atoms with Gasteiger partial charge in [0.1, 0.15) is 5.82 Å².